The summed E-state index contributed by atoms with van der Waals surface area (Å²) >= 11 is 0. The number of nitrogens with zero attached hydrogens (tertiary/aromatic N) is 1. The third-order valence-electron chi connectivity index (χ3n) is 6.62. The quantitative estimate of drug-likeness (QED) is 0.705. The number of likely N-dealkylation sites (tertiary alicyclic amines) is 1. The average Bonchev–Trinajstić information content (AvgIpc) is 3.14. The standard InChI is InChI=1S/C21H30N2O5/c24-13-21(22-19(26)18(25)14-6-2-1-3-7-14)11-23(12-21)20(27)16-10-28-17-9-5-4-8-15(16)17/h10,14,18,24-25H,1-9,11-13H2,(H,22,26). The summed E-state index contributed by atoms with van der Waals surface area (Å²) in [5.41, 5.74) is 0.746. The van der Waals surface area contributed by atoms with Gasteiger partial charge in [-0.25, -0.2) is 0 Å². The van der Waals surface area contributed by atoms with Gasteiger partial charge < -0.3 is 24.8 Å². The highest BCUT2D eigenvalue weighted by Gasteiger charge is 2.48. The first-order valence-electron chi connectivity index (χ1n) is 10.5. The number of aliphatic hydroxyl groups excluding tert-OH is 2. The number of fused-ring (bicyclic) bond motifs is 1. The Labute approximate surface area is 165 Å². The molecular weight excluding hydrogens is 360 g/mol. The summed E-state index contributed by atoms with van der Waals surface area (Å²) < 4.78 is 5.57. The topological polar surface area (TPSA) is 103 Å². The fourth-order valence-corrected chi connectivity index (χ4v) is 4.89. The van der Waals surface area contributed by atoms with E-state index in [2.05, 4.69) is 5.32 Å². The Morgan fingerprint density at radius 1 is 1.18 bits per heavy atom. The van der Waals surface area contributed by atoms with Gasteiger partial charge in [0, 0.05) is 25.1 Å². The zero-order valence-electron chi connectivity index (χ0n) is 16.3. The van der Waals surface area contributed by atoms with Crippen LogP contribution in [0.1, 0.15) is 66.6 Å². The van der Waals surface area contributed by atoms with Crippen LogP contribution in [0.15, 0.2) is 10.7 Å². The largest absolute Gasteiger partial charge is 0.468 e. The van der Waals surface area contributed by atoms with Crippen molar-refractivity contribution in [3.8, 4) is 0 Å². The van der Waals surface area contributed by atoms with Crippen LogP contribution in [0.4, 0.5) is 0 Å². The summed E-state index contributed by atoms with van der Waals surface area (Å²) in [6.07, 6.45) is 9.32. The lowest BCUT2D eigenvalue weighted by Crippen LogP contribution is -2.74. The number of furan rings is 1. The highest BCUT2D eigenvalue weighted by molar-refractivity contribution is 5.96. The fourth-order valence-electron chi connectivity index (χ4n) is 4.89. The third-order valence-corrected chi connectivity index (χ3v) is 6.62. The molecule has 2 amide bonds. The number of aliphatic hydroxyl groups is 2. The van der Waals surface area contributed by atoms with Gasteiger partial charge in [-0.3, -0.25) is 9.59 Å². The van der Waals surface area contributed by atoms with Gasteiger partial charge in [0.25, 0.3) is 5.91 Å². The van der Waals surface area contributed by atoms with Crippen molar-refractivity contribution in [3.05, 3.63) is 23.2 Å². The highest BCUT2D eigenvalue weighted by Crippen LogP contribution is 2.31. The van der Waals surface area contributed by atoms with Gasteiger partial charge in [0.15, 0.2) is 0 Å². The Morgan fingerprint density at radius 2 is 1.89 bits per heavy atom. The SMILES string of the molecule is O=C(NC1(CO)CN(C(=O)c2coc3c2CCCC3)C1)C(O)C1CCCCC1. The molecule has 2 heterocycles. The number of hydrogen-bond donors (Lipinski definition) is 3. The van der Waals surface area contributed by atoms with Gasteiger partial charge in [-0.05, 0) is 38.0 Å². The molecule has 1 saturated heterocycles. The average molecular weight is 390 g/mol. The molecule has 0 radical (unpaired) electrons. The van der Waals surface area contributed by atoms with Crippen LogP contribution in [-0.4, -0.2) is 58.3 Å². The normalized spacial score (nSPS) is 22.9. The first kappa shape index (κ1) is 19.5. The van der Waals surface area contributed by atoms with E-state index in [0.717, 1.165) is 69.1 Å². The molecular formula is C21H30N2O5. The molecule has 1 saturated carbocycles. The van der Waals surface area contributed by atoms with E-state index in [-0.39, 0.29) is 31.5 Å². The molecule has 1 unspecified atom stereocenters. The van der Waals surface area contributed by atoms with Crippen molar-refractivity contribution in [2.75, 3.05) is 19.7 Å². The monoisotopic (exact) mass is 390 g/mol. The van der Waals surface area contributed by atoms with Crippen LogP contribution in [0.2, 0.25) is 0 Å². The lowest BCUT2D eigenvalue weighted by atomic mass is 9.83. The van der Waals surface area contributed by atoms with Crippen molar-refractivity contribution in [1.29, 1.82) is 0 Å². The van der Waals surface area contributed by atoms with Crippen molar-refractivity contribution >= 4 is 11.8 Å². The molecule has 3 N–H and O–H groups in total. The molecule has 1 aromatic heterocycles. The van der Waals surface area contributed by atoms with E-state index in [4.69, 9.17) is 4.42 Å². The van der Waals surface area contributed by atoms with E-state index in [1.165, 1.54) is 0 Å². The summed E-state index contributed by atoms with van der Waals surface area (Å²) in [6, 6.07) is 0. The van der Waals surface area contributed by atoms with Crippen LogP contribution in [0.5, 0.6) is 0 Å². The Hall–Kier alpha value is -1.86. The molecule has 0 spiro atoms. The van der Waals surface area contributed by atoms with Crippen molar-refractivity contribution < 1.29 is 24.2 Å². The zero-order valence-corrected chi connectivity index (χ0v) is 16.3. The molecule has 1 atom stereocenters. The van der Waals surface area contributed by atoms with Gasteiger partial charge in [0.05, 0.1) is 17.7 Å². The van der Waals surface area contributed by atoms with Gasteiger partial charge >= 0.3 is 0 Å². The second kappa shape index (κ2) is 7.87. The van der Waals surface area contributed by atoms with Crippen molar-refractivity contribution in [2.45, 2.75) is 69.4 Å². The lowest BCUT2D eigenvalue weighted by Gasteiger charge is -2.49. The molecule has 28 heavy (non-hydrogen) atoms. The van der Waals surface area contributed by atoms with E-state index in [9.17, 15) is 19.8 Å². The minimum Gasteiger partial charge on any atom is -0.468 e. The first-order chi connectivity index (χ1) is 13.5. The maximum Gasteiger partial charge on any atom is 0.257 e. The number of rotatable bonds is 5. The third kappa shape index (κ3) is 3.57. The van der Waals surface area contributed by atoms with E-state index in [1.54, 1.807) is 11.2 Å². The van der Waals surface area contributed by atoms with Crippen LogP contribution >= 0.6 is 0 Å². The molecule has 154 valence electrons. The molecule has 1 aromatic rings. The first-order valence-corrected chi connectivity index (χ1v) is 10.5. The summed E-state index contributed by atoms with van der Waals surface area (Å²) in [7, 11) is 0. The van der Waals surface area contributed by atoms with E-state index in [0.29, 0.717) is 5.56 Å². The van der Waals surface area contributed by atoms with Gasteiger partial charge in [0.1, 0.15) is 18.1 Å². The molecule has 1 aliphatic heterocycles. The molecule has 0 bridgehead atoms. The molecule has 4 rings (SSSR count). The Balaban J connectivity index is 1.36. The van der Waals surface area contributed by atoms with E-state index in [1.807, 2.05) is 0 Å². The van der Waals surface area contributed by atoms with Gasteiger partial charge in [-0.15, -0.1) is 0 Å². The molecule has 2 fully saturated rings. The Morgan fingerprint density at radius 3 is 2.61 bits per heavy atom. The number of carbonyl (C=O) groups is 2. The van der Waals surface area contributed by atoms with Crippen LogP contribution in [0.3, 0.4) is 0 Å². The van der Waals surface area contributed by atoms with Crippen LogP contribution in [0, 0.1) is 5.92 Å². The van der Waals surface area contributed by atoms with Gasteiger partial charge in [-0.1, -0.05) is 19.3 Å². The second-order valence-corrected chi connectivity index (χ2v) is 8.69. The van der Waals surface area contributed by atoms with Crippen molar-refractivity contribution in [2.24, 2.45) is 5.92 Å². The zero-order chi connectivity index (χ0) is 19.7. The minimum atomic E-state index is -1.05. The maximum absolute atomic E-state index is 12.9. The minimum absolute atomic E-state index is 0.0141. The van der Waals surface area contributed by atoms with E-state index >= 15 is 0 Å². The lowest BCUT2D eigenvalue weighted by molar-refractivity contribution is -0.138. The maximum atomic E-state index is 12.9. The fraction of sp³-hybridized carbons (Fsp3) is 0.714. The predicted molar refractivity (Wildman–Crippen MR) is 102 cm³/mol. The molecule has 0 aromatic carbocycles. The number of carbonyl (C=O) groups excluding carboxylic acids is 2. The summed E-state index contributed by atoms with van der Waals surface area (Å²) in [5, 5.41) is 23.1. The van der Waals surface area contributed by atoms with Gasteiger partial charge in [0.2, 0.25) is 5.91 Å². The summed E-state index contributed by atoms with van der Waals surface area (Å²) in [4.78, 5) is 27.0. The molecule has 7 heteroatoms. The predicted octanol–water partition coefficient (Wildman–Crippen LogP) is 1.40. The summed E-state index contributed by atoms with van der Waals surface area (Å²) in [5.74, 6) is 0.346. The van der Waals surface area contributed by atoms with Crippen LogP contribution in [0.25, 0.3) is 0 Å². The molecule has 3 aliphatic rings. The van der Waals surface area contributed by atoms with Crippen LogP contribution < -0.4 is 5.32 Å². The van der Waals surface area contributed by atoms with Gasteiger partial charge in [-0.2, -0.15) is 0 Å². The summed E-state index contributed by atoms with van der Waals surface area (Å²) in [6.45, 7) is 0.222. The smallest absolute Gasteiger partial charge is 0.257 e. The van der Waals surface area contributed by atoms with E-state index < -0.39 is 17.6 Å². The number of nitrogens with one attached hydrogen (secondary N) is 1. The number of amides is 2. The Kier molecular flexibility index (Phi) is 5.47. The number of aryl methyl sites for hydroxylation is 1. The molecule has 2 aliphatic carbocycles. The highest BCUT2D eigenvalue weighted by atomic mass is 16.3. The number of hydrogen-bond acceptors (Lipinski definition) is 5. The second-order valence-electron chi connectivity index (χ2n) is 8.69. The Bertz CT molecular complexity index is 731. The molecule has 7 nitrogen and oxygen atoms in total. The van der Waals surface area contributed by atoms with Crippen LogP contribution in [-0.2, 0) is 17.6 Å². The van der Waals surface area contributed by atoms with Crippen molar-refractivity contribution in [3.63, 3.8) is 0 Å². The van der Waals surface area contributed by atoms with Crippen molar-refractivity contribution in [1.82, 2.24) is 10.2 Å².